The maximum absolute atomic E-state index is 5.90. The SMILES string of the molecule is CN(C)CCOc1cc(N[C@@]2(C)C=C(C3CC3)NN2)nc(NCc2cc(-c3ccncn3)no2)n1. The summed E-state index contributed by atoms with van der Waals surface area (Å²) in [4.78, 5) is 19.3. The van der Waals surface area contributed by atoms with Crippen molar-refractivity contribution in [1.29, 1.82) is 0 Å². The van der Waals surface area contributed by atoms with Gasteiger partial charge in [-0.15, -0.1) is 0 Å². The van der Waals surface area contributed by atoms with Crippen molar-refractivity contribution in [3.05, 3.63) is 48.3 Å². The number of allylic oxidation sites excluding steroid dienone is 1. The van der Waals surface area contributed by atoms with Gasteiger partial charge in [0.2, 0.25) is 11.8 Å². The quantitative estimate of drug-likeness (QED) is 0.321. The maximum atomic E-state index is 5.90. The first-order valence-corrected chi connectivity index (χ1v) is 11.6. The van der Waals surface area contributed by atoms with Crippen LogP contribution in [0.15, 0.2) is 47.0 Å². The summed E-state index contributed by atoms with van der Waals surface area (Å²) >= 11 is 0. The van der Waals surface area contributed by atoms with Crippen LogP contribution < -0.4 is 26.2 Å². The van der Waals surface area contributed by atoms with Gasteiger partial charge in [-0.25, -0.2) is 15.4 Å². The molecule has 3 aromatic rings. The number of aromatic nitrogens is 5. The molecule has 12 heteroatoms. The fraction of sp³-hybridized carbons (Fsp3) is 0.435. The van der Waals surface area contributed by atoms with E-state index in [0.717, 1.165) is 6.54 Å². The molecule has 0 amide bonds. The highest BCUT2D eigenvalue weighted by Crippen LogP contribution is 2.37. The molecule has 4 N–H and O–H groups in total. The van der Waals surface area contributed by atoms with Crippen molar-refractivity contribution in [2.24, 2.45) is 5.92 Å². The fourth-order valence-corrected chi connectivity index (χ4v) is 3.63. The second-order valence-corrected chi connectivity index (χ2v) is 9.14. The summed E-state index contributed by atoms with van der Waals surface area (Å²) in [6.07, 6.45) is 7.77. The third kappa shape index (κ3) is 6.03. The molecule has 12 nitrogen and oxygen atoms in total. The lowest BCUT2D eigenvalue weighted by Gasteiger charge is -2.25. The molecule has 5 rings (SSSR count). The van der Waals surface area contributed by atoms with Gasteiger partial charge in [0.25, 0.3) is 0 Å². The lowest BCUT2D eigenvalue weighted by atomic mass is 10.1. The van der Waals surface area contributed by atoms with Crippen LogP contribution in [-0.2, 0) is 6.54 Å². The molecule has 0 aromatic carbocycles. The van der Waals surface area contributed by atoms with Gasteiger partial charge in [0, 0.05) is 30.6 Å². The largest absolute Gasteiger partial charge is 0.476 e. The Morgan fingerprint density at radius 3 is 2.89 bits per heavy atom. The molecule has 184 valence electrons. The number of rotatable bonds is 11. The van der Waals surface area contributed by atoms with Crippen molar-refractivity contribution in [2.45, 2.75) is 32.0 Å². The van der Waals surface area contributed by atoms with Gasteiger partial charge < -0.3 is 30.2 Å². The van der Waals surface area contributed by atoms with Gasteiger partial charge in [-0.05, 0) is 51.9 Å². The normalized spacial score (nSPS) is 19.4. The summed E-state index contributed by atoms with van der Waals surface area (Å²) in [6, 6.07) is 5.41. The minimum absolute atomic E-state index is 0.349. The van der Waals surface area contributed by atoms with Crippen LogP contribution in [0, 0.1) is 5.92 Å². The lowest BCUT2D eigenvalue weighted by Crippen LogP contribution is -2.48. The molecule has 0 bridgehead atoms. The van der Waals surface area contributed by atoms with Crippen molar-refractivity contribution in [2.75, 3.05) is 37.9 Å². The number of hydrogen-bond acceptors (Lipinski definition) is 12. The summed E-state index contributed by atoms with van der Waals surface area (Å²) < 4.78 is 11.4. The van der Waals surface area contributed by atoms with Gasteiger partial charge >= 0.3 is 0 Å². The van der Waals surface area contributed by atoms with Crippen LogP contribution in [-0.4, -0.2) is 62.9 Å². The number of likely N-dealkylation sites (N-methyl/N-ethyl adjacent to an activating group) is 1. The number of hydrogen-bond donors (Lipinski definition) is 4. The molecule has 1 aliphatic heterocycles. The highest BCUT2D eigenvalue weighted by Gasteiger charge is 2.35. The van der Waals surface area contributed by atoms with Gasteiger partial charge in [-0.3, -0.25) is 0 Å². The van der Waals surface area contributed by atoms with Crippen molar-refractivity contribution in [3.63, 3.8) is 0 Å². The van der Waals surface area contributed by atoms with Crippen molar-refractivity contribution >= 4 is 11.8 Å². The summed E-state index contributed by atoms with van der Waals surface area (Å²) in [7, 11) is 4.00. The molecule has 2 aliphatic rings. The number of hydrazine groups is 1. The van der Waals surface area contributed by atoms with Gasteiger partial charge in [0.05, 0.1) is 12.2 Å². The van der Waals surface area contributed by atoms with Gasteiger partial charge in [0.1, 0.15) is 30.1 Å². The Balaban J connectivity index is 1.30. The van der Waals surface area contributed by atoms with Crippen LogP contribution >= 0.6 is 0 Å². The van der Waals surface area contributed by atoms with Gasteiger partial charge in [-0.1, -0.05) is 5.16 Å². The van der Waals surface area contributed by atoms with Crippen LogP contribution in [0.2, 0.25) is 0 Å². The van der Waals surface area contributed by atoms with Crippen molar-refractivity contribution in [1.82, 2.24) is 40.8 Å². The molecule has 0 spiro atoms. The summed E-state index contributed by atoms with van der Waals surface area (Å²) in [5, 5.41) is 10.7. The molecule has 0 radical (unpaired) electrons. The van der Waals surface area contributed by atoms with E-state index in [1.54, 1.807) is 18.3 Å². The van der Waals surface area contributed by atoms with Crippen LogP contribution in [0.5, 0.6) is 5.88 Å². The van der Waals surface area contributed by atoms with E-state index in [4.69, 9.17) is 9.26 Å². The molecule has 4 heterocycles. The van der Waals surface area contributed by atoms with Crippen LogP contribution in [0.25, 0.3) is 11.4 Å². The van der Waals surface area contributed by atoms with E-state index in [9.17, 15) is 0 Å². The minimum atomic E-state index is -0.484. The standard InChI is InChI=1S/C23H30N10O2/c1-23(12-19(30-32-23)15-4-5-15)29-20-11-21(34-9-8-33(2)3)28-22(27-20)25-13-16-10-18(31-35-16)17-6-7-24-14-26-17/h6-7,10-12,14-15,30,32H,4-5,8-9,13H2,1-3H3,(H2,25,27,28,29)/t23-/m1/s1. The van der Waals surface area contributed by atoms with Crippen LogP contribution in [0.4, 0.5) is 11.8 Å². The Morgan fingerprint density at radius 2 is 2.11 bits per heavy atom. The highest BCUT2D eigenvalue weighted by atomic mass is 16.5. The molecule has 1 saturated carbocycles. The number of nitrogens with zero attached hydrogens (tertiary/aromatic N) is 6. The smallest absolute Gasteiger partial charge is 0.228 e. The van der Waals surface area contributed by atoms with E-state index in [1.807, 2.05) is 20.2 Å². The Labute approximate surface area is 203 Å². The summed E-state index contributed by atoms with van der Waals surface area (Å²) in [6.45, 7) is 3.69. The Morgan fingerprint density at radius 1 is 1.23 bits per heavy atom. The zero-order valence-electron chi connectivity index (χ0n) is 20.1. The Bertz CT molecular complexity index is 1180. The van der Waals surface area contributed by atoms with Crippen molar-refractivity contribution in [3.8, 4) is 17.3 Å². The van der Waals surface area contributed by atoms with Crippen LogP contribution in [0.3, 0.4) is 0 Å². The maximum Gasteiger partial charge on any atom is 0.228 e. The minimum Gasteiger partial charge on any atom is -0.476 e. The van der Waals surface area contributed by atoms with E-state index in [1.165, 1.54) is 24.9 Å². The second kappa shape index (κ2) is 9.84. The lowest BCUT2D eigenvalue weighted by molar-refractivity contribution is 0.254. The molecule has 1 fully saturated rings. The second-order valence-electron chi connectivity index (χ2n) is 9.14. The third-order valence-corrected chi connectivity index (χ3v) is 5.63. The average molecular weight is 479 g/mol. The van der Waals surface area contributed by atoms with Crippen LogP contribution in [0.1, 0.15) is 25.5 Å². The highest BCUT2D eigenvalue weighted by molar-refractivity contribution is 5.53. The van der Waals surface area contributed by atoms with E-state index in [0.29, 0.717) is 53.9 Å². The topological polar surface area (TPSA) is 138 Å². The first kappa shape index (κ1) is 23.0. The first-order chi connectivity index (χ1) is 17.0. The number of nitrogens with one attached hydrogen (secondary N) is 4. The van der Waals surface area contributed by atoms with Crippen molar-refractivity contribution < 1.29 is 9.26 Å². The Kier molecular flexibility index (Phi) is 6.47. The number of ether oxygens (including phenoxy) is 1. The third-order valence-electron chi connectivity index (χ3n) is 5.63. The Hall–Kier alpha value is -3.77. The molecular weight excluding hydrogens is 448 g/mol. The molecular formula is C23H30N10O2. The zero-order valence-corrected chi connectivity index (χ0v) is 20.1. The summed E-state index contributed by atoms with van der Waals surface area (Å²) in [5.41, 5.74) is 8.67. The van der Waals surface area contributed by atoms with E-state index in [2.05, 4.69) is 64.5 Å². The monoisotopic (exact) mass is 478 g/mol. The first-order valence-electron chi connectivity index (χ1n) is 11.6. The molecule has 35 heavy (non-hydrogen) atoms. The average Bonchev–Trinajstić information content (AvgIpc) is 3.45. The van der Waals surface area contributed by atoms with Gasteiger partial charge in [-0.2, -0.15) is 9.97 Å². The zero-order chi connectivity index (χ0) is 24.3. The van der Waals surface area contributed by atoms with E-state index < -0.39 is 5.66 Å². The van der Waals surface area contributed by atoms with E-state index in [-0.39, 0.29) is 0 Å². The number of anilines is 2. The predicted octanol–water partition coefficient (Wildman–Crippen LogP) is 2.00. The molecule has 0 unspecified atom stereocenters. The predicted molar refractivity (Wildman–Crippen MR) is 130 cm³/mol. The molecule has 1 aliphatic carbocycles. The van der Waals surface area contributed by atoms with E-state index >= 15 is 0 Å². The molecule has 3 aromatic heterocycles. The fourth-order valence-electron chi connectivity index (χ4n) is 3.63. The van der Waals surface area contributed by atoms with Gasteiger partial charge in [0.15, 0.2) is 5.76 Å². The molecule has 1 atom stereocenters. The molecule has 0 saturated heterocycles. The summed E-state index contributed by atoms with van der Waals surface area (Å²) in [5.74, 6) is 2.77.